The Bertz CT molecular complexity index is 1120. The van der Waals surface area contributed by atoms with Crippen LogP contribution >= 0.6 is 0 Å². The van der Waals surface area contributed by atoms with E-state index in [-0.39, 0.29) is 11.2 Å². The predicted octanol–water partition coefficient (Wildman–Crippen LogP) is 6.05. The lowest BCUT2D eigenvalue weighted by Crippen LogP contribution is -2.22. The molecule has 5 heteroatoms. The number of hydrogen-bond acceptors (Lipinski definition) is 5. The molecule has 5 nitrogen and oxygen atoms in total. The molecule has 0 amide bonds. The van der Waals surface area contributed by atoms with Crippen LogP contribution in [0.4, 0.5) is 0 Å². The normalized spacial score (nSPS) is 11.5. The van der Waals surface area contributed by atoms with Gasteiger partial charge < -0.3 is 14.3 Å². The smallest absolute Gasteiger partial charge is 0.181 e. The summed E-state index contributed by atoms with van der Waals surface area (Å²) in [5.74, 6) is 7.66. The molecule has 1 N–H and O–H groups in total. The quantitative estimate of drug-likeness (QED) is 0.407. The van der Waals surface area contributed by atoms with Crippen molar-refractivity contribution in [2.45, 2.75) is 40.8 Å². The summed E-state index contributed by atoms with van der Waals surface area (Å²) in [5, 5.41) is 10.8. The van der Waals surface area contributed by atoms with Crippen LogP contribution in [0.15, 0.2) is 71.6 Å². The number of hydrogen-bond donors (Lipinski definition) is 1. The Morgan fingerprint density at radius 3 is 2.73 bits per heavy atom. The van der Waals surface area contributed by atoms with Crippen molar-refractivity contribution in [1.29, 1.82) is 0 Å². The predicted molar refractivity (Wildman–Crippen MR) is 132 cm³/mol. The monoisotopic (exact) mass is 444 g/mol. The van der Waals surface area contributed by atoms with Crippen LogP contribution in [-0.2, 0) is 13.2 Å². The van der Waals surface area contributed by atoms with Crippen molar-refractivity contribution in [3.8, 4) is 34.7 Å². The van der Waals surface area contributed by atoms with Gasteiger partial charge in [-0.1, -0.05) is 55.2 Å². The van der Waals surface area contributed by atoms with E-state index < -0.39 is 0 Å². The first-order valence-electron chi connectivity index (χ1n) is 11.2. The zero-order valence-electron chi connectivity index (χ0n) is 19.8. The van der Waals surface area contributed by atoms with E-state index in [2.05, 4.69) is 55.5 Å². The van der Waals surface area contributed by atoms with Crippen molar-refractivity contribution in [2.75, 3.05) is 13.1 Å². The SMILES string of the molecule is CCN(CC=CC#CC(C)(C)C)Cc1cccc(OCc2cccc(-c3cnco3)c2)c1O. The first-order chi connectivity index (χ1) is 15.9. The van der Waals surface area contributed by atoms with E-state index in [1.165, 1.54) is 6.39 Å². The van der Waals surface area contributed by atoms with E-state index in [0.717, 1.165) is 29.8 Å². The minimum atomic E-state index is -0.00168. The van der Waals surface area contributed by atoms with Gasteiger partial charge in [0.05, 0.1) is 6.20 Å². The van der Waals surface area contributed by atoms with Gasteiger partial charge in [0.1, 0.15) is 6.61 Å². The van der Waals surface area contributed by atoms with Gasteiger partial charge in [-0.05, 0) is 51.1 Å². The van der Waals surface area contributed by atoms with Crippen molar-refractivity contribution < 1.29 is 14.3 Å². The van der Waals surface area contributed by atoms with Gasteiger partial charge in [0.2, 0.25) is 0 Å². The molecule has 1 heterocycles. The summed E-state index contributed by atoms with van der Waals surface area (Å²) in [5.41, 5.74) is 2.74. The van der Waals surface area contributed by atoms with Gasteiger partial charge in [-0.25, -0.2) is 4.98 Å². The summed E-state index contributed by atoms with van der Waals surface area (Å²) in [7, 11) is 0. The number of ether oxygens (including phenoxy) is 1. The van der Waals surface area contributed by atoms with Crippen LogP contribution in [0.3, 0.4) is 0 Å². The molecular weight excluding hydrogens is 412 g/mol. The number of phenols is 1. The fourth-order valence-electron chi connectivity index (χ4n) is 3.21. The number of para-hydroxylation sites is 1. The van der Waals surface area contributed by atoms with E-state index in [0.29, 0.717) is 24.7 Å². The van der Waals surface area contributed by atoms with Crippen LogP contribution in [-0.4, -0.2) is 28.1 Å². The summed E-state index contributed by atoms with van der Waals surface area (Å²) >= 11 is 0. The Hall–Kier alpha value is -3.49. The van der Waals surface area contributed by atoms with Crippen LogP contribution in [0.1, 0.15) is 38.8 Å². The highest BCUT2D eigenvalue weighted by Crippen LogP contribution is 2.31. The maximum Gasteiger partial charge on any atom is 0.181 e. The molecule has 0 atom stereocenters. The molecule has 172 valence electrons. The largest absolute Gasteiger partial charge is 0.504 e. The molecule has 33 heavy (non-hydrogen) atoms. The minimum Gasteiger partial charge on any atom is -0.504 e. The van der Waals surface area contributed by atoms with Gasteiger partial charge in [0.25, 0.3) is 0 Å². The van der Waals surface area contributed by atoms with Crippen molar-refractivity contribution in [2.24, 2.45) is 5.41 Å². The highest BCUT2D eigenvalue weighted by Gasteiger charge is 2.12. The molecule has 0 radical (unpaired) electrons. The van der Waals surface area contributed by atoms with Crippen molar-refractivity contribution in [3.63, 3.8) is 0 Å². The number of benzene rings is 2. The molecule has 3 rings (SSSR count). The summed E-state index contributed by atoms with van der Waals surface area (Å²) < 4.78 is 11.3. The summed E-state index contributed by atoms with van der Waals surface area (Å²) in [4.78, 5) is 6.20. The molecule has 0 saturated carbocycles. The lowest BCUT2D eigenvalue weighted by atomic mass is 9.98. The van der Waals surface area contributed by atoms with Crippen LogP contribution < -0.4 is 4.74 Å². The standard InChI is InChI=1S/C28H32N2O3/c1-5-30(16-8-6-7-15-28(2,3)4)19-24-13-10-14-25(27(24)31)32-20-22-11-9-12-23(17-22)26-18-29-21-33-26/h6,8-14,17-18,21,31H,5,16,19-20H2,1-4H3. The summed E-state index contributed by atoms with van der Waals surface area (Å²) in [6.45, 7) is 11.0. The van der Waals surface area contributed by atoms with E-state index in [1.54, 1.807) is 12.3 Å². The number of allylic oxidation sites excluding steroid dienone is 1. The van der Waals surface area contributed by atoms with Gasteiger partial charge in [0.15, 0.2) is 23.7 Å². The second-order valence-corrected chi connectivity index (χ2v) is 8.87. The molecule has 0 aliphatic carbocycles. The van der Waals surface area contributed by atoms with Crippen molar-refractivity contribution in [3.05, 3.63) is 78.3 Å². The molecule has 1 aromatic heterocycles. The number of rotatable bonds is 9. The van der Waals surface area contributed by atoms with E-state index in [1.807, 2.05) is 42.5 Å². The molecule has 2 aromatic carbocycles. The number of aromatic hydroxyl groups is 1. The van der Waals surface area contributed by atoms with Crippen molar-refractivity contribution in [1.82, 2.24) is 9.88 Å². The minimum absolute atomic E-state index is 0.00168. The Balaban J connectivity index is 1.62. The van der Waals surface area contributed by atoms with E-state index in [4.69, 9.17) is 9.15 Å². The number of phenolic OH excluding ortho intramolecular Hbond substituents is 1. The van der Waals surface area contributed by atoms with Gasteiger partial charge in [-0.3, -0.25) is 4.90 Å². The molecular formula is C28H32N2O3. The second-order valence-electron chi connectivity index (χ2n) is 8.87. The number of oxazole rings is 1. The zero-order chi connectivity index (χ0) is 23.7. The first-order valence-corrected chi connectivity index (χ1v) is 11.2. The third kappa shape index (κ3) is 7.55. The maximum atomic E-state index is 10.8. The van der Waals surface area contributed by atoms with Gasteiger partial charge in [-0.2, -0.15) is 0 Å². The van der Waals surface area contributed by atoms with E-state index in [9.17, 15) is 5.11 Å². The molecule has 0 unspecified atom stereocenters. The van der Waals surface area contributed by atoms with Crippen LogP contribution in [0.25, 0.3) is 11.3 Å². The highest BCUT2D eigenvalue weighted by atomic mass is 16.5. The highest BCUT2D eigenvalue weighted by molar-refractivity contribution is 5.57. The van der Waals surface area contributed by atoms with Gasteiger partial charge in [0, 0.05) is 29.6 Å². The molecule has 3 aromatic rings. The molecule has 0 spiro atoms. The van der Waals surface area contributed by atoms with Gasteiger partial charge >= 0.3 is 0 Å². The van der Waals surface area contributed by atoms with Crippen molar-refractivity contribution >= 4 is 0 Å². The fourth-order valence-corrected chi connectivity index (χ4v) is 3.21. The fraction of sp³-hybridized carbons (Fsp3) is 0.321. The molecule has 0 bridgehead atoms. The van der Waals surface area contributed by atoms with Crippen LogP contribution in [0.5, 0.6) is 11.5 Å². The third-order valence-electron chi connectivity index (χ3n) is 4.97. The lowest BCUT2D eigenvalue weighted by molar-refractivity contribution is 0.279. The molecule has 0 fully saturated rings. The number of aromatic nitrogens is 1. The molecule has 0 aliphatic heterocycles. The molecule has 0 aliphatic rings. The Labute approximate surface area is 196 Å². The van der Waals surface area contributed by atoms with Crippen LogP contribution in [0.2, 0.25) is 0 Å². The lowest BCUT2D eigenvalue weighted by Gasteiger charge is -2.20. The Morgan fingerprint density at radius 2 is 2.00 bits per heavy atom. The summed E-state index contributed by atoms with van der Waals surface area (Å²) in [6.07, 6.45) is 7.05. The number of likely N-dealkylation sites (N-methyl/N-ethyl adjacent to an activating group) is 1. The number of nitrogens with zero attached hydrogens (tertiary/aromatic N) is 2. The first kappa shape index (κ1) is 24.2. The summed E-state index contributed by atoms with van der Waals surface area (Å²) in [6, 6.07) is 13.5. The Morgan fingerprint density at radius 1 is 1.18 bits per heavy atom. The van der Waals surface area contributed by atoms with Crippen LogP contribution in [0, 0.1) is 17.3 Å². The zero-order valence-corrected chi connectivity index (χ0v) is 19.8. The second kappa shape index (κ2) is 11.4. The molecule has 0 saturated heterocycles. The van der Waals surface area contributed by atoms with Gasteiger partial charge in [-0.15, -0.1) is 0 Å². The maximum absolute atomic E-state index is 10.8. The third-order valence-corrected chi connectivity index (χ3v) is 4.97. The van der Waals surface area contributed by atoms with E-state index >= 15 is 0 Å². The topological polar surface area (TPSA) is 58.7 Å². The average molecular weight is 445 g/mol. The Kier molecular flexibility index (Phi) is 8.34. The average Bonchev–Trinajstić information content (AvgIpc) is 3.33.